The van der Waals surface area contributed by atoms with Gasteiger partial charge < -0.3 is 15.0 Å². The number of carbonyl (C=O) groups is 1. The summed E-state index contributed by atoms with van der Waals surface area (Å²) in [6.07, 6.45) is 3.69. The van der Waals surface area contributed by atoms with Crippen molar-refractivity contribution in [1.82, 2.24) is 10.3 Å². The van der Waals surface area contributed by atoms with E-state index in [1.54, 1.807) is 6.20 Å². The fourth-order valence-electron chi connectivity index (χ4n) is 3.03. The van der Waals surface area contributed by atoms with Crippen molar-refractivity contribution in [3.05, 3.63) is 53.7 Å². The van der Waals surface area contributed by atoms with Crippen LogP contribution >= 0.6 is 0 Å². The zero-order chi connectivity index (χ0) is 17.6. The highest BCUT2D eigenvalue weighted by atomic mass is 16.5. The smallest absolute Gasteiger partial charge is 0.253 e. The Morgan fingerprint density at radius 2 is 2.00 bits per heavy atom. The van der Waals surface area contributed by atoms with Crippen LogP contribution in [0.2, 0.25) is 0 Å². The first-order valence-corrected chi connectivity index (χ1v) is 8.76. The predicted molar refractivity (Wildman–Crippen MR) is 99.4 cm³/mol. The lowest BCUT2D eigenvalue weighted by molar-refractivity contribution is 0.0642. The van der Waals surface area contributed by atoms with Gasteiger partial charge >= 0.3 is 0 Å². The molecule has 132 valence electrons. The Labute approximate surface area is 149 Å². The van der Waals surface area contributed by atoms with Crippen molar-refractivity contribution in [3.63, 3.8) is 0 Å². The number of pyridine rings is 1. The molecule has 1 saturated heterocycles. The fraction of sp³-hybridized carbons (Fsp3) is 0.400. The first-order valence-electron chi connectivity index (χ1n) is 8.76. The van der Waals surface area contributed by atoms with Crippen LogP contribution in [0.15, 0.2) is 42.6 Å². The molecule has 2 heterocycles. The minimum Gasteiger partial charge on any atom is -0.381 e. The van der Waals surface area contributed by atoms with Gasteiger partial charge in [-0.25, -0.2) is 4.98 Å². The molecule has 1 amide bonds. The van der Waals surface area contributed by atoms with E-state index in [1.807, 2.05) is 55.3 Å². The van der Waals surface area contributed by atoms with Crippen LogP contribution in [-0.2, 0) is 4.74 Å². The van der Waals surface area contributed by atoms with Crippen LogP contribution < -0.4 is 10.2 Å². The van der Waals surface area contributed by atoms with Crippen molar-refractivity contribution in [2.75, 3.05) is 31.7 Å². The van der Waals surface area contributed by atoms with E-state index in [0.29, 0.717) is 18.0 Å². The number of ether oxygens (including phenoxy) is 1. The van der Waals surface area contributed by atoms with Crippen molar-refractivity contribution in [1.29, 1.82) is 0 Å². The van der Waals surface area contributed by atoms with Gasteiger partial charge in [-0.1, -0.05) is 18.2 Å². The highest BCUT2D eigenvalue weighted by molar-refractivity contribution is 5.95. The minimum atomic E-state index is -0.0505. The van der Waals surface area contributed by atoms with Crippen LogP contribution in [-0.4, -0.2) is 37.7 Å². The number of nitrogens with zero attached hydrogens (tertiary/aromatic N) is 2. The summed E-state index contributed by atoms with van der Waals surface area (Å²) in [5, 5.41) is 3.04. The van der Waals surface area contributed by atoms with Gasteiger partial charge in [0.2, 0.25) is 0 Å². The Hall–Kier alpha value is -2.40. The lowest BCUT2D eigenvalue weighted by Crippen LogP contribution is -2.32. The first kappa shape index (κ1) is 17.4. The van der Waals surface area contributed by atoms with Gasteiger partial charge in [0.25, 0.3) is 5.91 Å². The van der Waals surface area contributed by atoms with Crippen molar-refractivity contribution >= 4 is 17.4 Å². The van der Waals surface area contributed by atoms with Crippen LogP contribution in [0.4, 0.5) is 11.5 Å². The summed E-state index contributed by atoms with van der Waals surface area (Å²) in [4.78, 5) is 19.0. The SMILES string of the molecule is Cc1cc(N(C)c2ccccc2)ncc1C(=O)NCC1CCOCC1. The number of amides is 1. The van der Waals surface area contributed by atoms with Gasteiger partial charge in [0, 0.05) is 38.7 Å². The summed E-state index contributed by atoms with van der Waals surface area (Å²) in [5.74, 6) is 1.28. The molecule has 0 atom stereocenters. The van der Waals surface area contributed by atoms with E-state index >= 15 is 0 Å². The largest absolute Gasteiger partial charge is 0.381 e. The van der Waals surface area contributed by atoms with Crippen molar-refractivity contribution in [2.45, 2.75) is 19.8 Å². The van der Waals surface area contributed by atoms with E-state index in [9.17, 15) is 4.79 Å². The number of hydrogen-bond donors (Lipinski definition) is 1. The zero-order valence-electron chi connectivity index (χ0n) is 14.9. The number of aryl methyl sites for hydroxylation is 1. The highest BCUT2D eigenvalue weighted by Gasteiger charge is 2.17. The molecule has 0 unspecified atom stereocenters. The standard InChI is InChI=1S/C20H25N3O2/c1-15-12-19(23(2)17-6-4-3-5-7-17)21-14-18(15)20(24)22-13-16-8-10-25-11-9-16/h3-7,12,14,16H,8-11,13H2,1-2H3,(H,22,24). The van der Waals surface area contributed by atoms with E-state index < -0.39 is 0 Å². The van der Waals surface area contributed by atoms with Crippen molar-refractivity contribution < 1.29 is 9.53 Å². The van der Waals surface area contributed by atoms with E-state index in [4.69, 9.17) is 4.74 Å². The van der Waals surface area contributed by atoms with Gasteiger partial charge in [0.05, 0.1) is 5.56 Å². The maximum absolute atomic E-state index is 12.5. The van der Waals surface area contributed by atoms with E-state index in [0.717, 1.165) is 43.1 Å². The number of carbonyl (C=O) groups excluding carboxylic acids is 1. The lowest BCUT2D eigenvalue weighted by Gasteiger charge is -2.22. The monoisotopic (exact) mass is 339 g/mol. The molecule has 1 aromatic carbocycles. The van der Waals surface area contributed by atoms with Crippen LogP contribution in [0.25, 0.3) is 0 Å². The maximum Gasteiger partial charge on any atom is 0.253 e. The average molecular weight is 339 g/mol. The summed E-state index contributed by atoms with van der Waals surface area (Å²) >= 11 is 0. The molecule has 5 heteroatoms. The van der Waals surface area contributed by atoms with Crippen LogP contribution in [0, 0.1) is 12.8 Å². The molecule has 0 spiro atoms. The molecular formula is C20H25N3O2. The summed E-state index contributed by atoms with van der Waals surface area (Å²) in [6, 6.07) is 12.0. The first-order chi connectivity index (χ1) is 12.1. The lowest BCUT2D eigenvalue weighted by atomic mass is 10.0. The third-order valence-electron chi connectivity index (χ3n) is 4.72. The number of benzene rings is 1. The second-order valence-electron chi connectivity index (χ2n) is 6.52. The third-order valence-corrected chi connectivity index (χ3v) is 4.72. The van der Waals surface area contributed by atoms with E-state index in [-0.39, 0.29) is 5.91 Å². The van der Waals surface area contributed by atoms with Gasteiger partial charge in [-0.3, -0.25) is 4.79 Å². The molecule has 3 rings (SSSR count). The summed E-state index contributed by atoms with van der Waals surface area (Å²) in [6.45, 7) is 4.24. The second-order valence-corrected chi connectivity index (χ2v) is 6.52. The predicted octanol–water partition coefficient (Wildman–Crippen LogP) is 3.31. The number of para-hydroxylation sites is 1. The molecule has 1 aromatic heterocycles. The topological polar surface area (TPSA) is 54.5 Å². The van der Waals surface area contributed by atoms with Gasteiger partial charge in [-0.2, -0.15) is 0 Å². The van der Waals surface area contributed by atoms with Gasteiger partial charge in [-0.05, 0) is 49.4 Å². The Kier molecular flexibility index (Phi) is 5.66. The van der Waals surface area contributed by atoms with E-state index in [1.165, 1.54) is 0 Å². The Bertz CT molecular complexity index is 712. The second kappa shape index (κ2) is 8.12. The average Bonchev–Trinajstić information content (AvgIpc) is 2.67. The Morgan fingerprint density at radius 3 is 2.68 bits per heavy atom. The number of nitrogens with one attached hydrogen (secondary N) is 1. The molecule has 25 heavy (non-hydrogen) atoms. The summed E-state index contributed by atoms with van der Waals surface area (Å²) < 4.78 is 5.35. The number of aromatic nitrogens is 1. The van der Waals surface area contributed by atoms with Crippen molar-refractivity contribution in [3.8, 4) is 0 Å². The fourth-order valence-corrected chi connectivity index (χ4v) is 3.03. The number of anilines is 2. The normalized spacial score (nSPS) is 15.0. The van der Waals surface area contributed by atoms with E-state index in [2.05, 4.69) is 10.3 Å². The van der Waals surface area contributed by atoms with Gasteiger partial charge in [-0.15, -0.1) is 0 Å². The van der Waals surface area contributed by atoms with Crippen LogP contribution in [0.1, 0.15) is 28.8 Å². The Morgan fingerprint density at radius 1 is 1.28 bits per heavy atom. The quantitative estimate of drug-likeness (QED) is 0.908. The molecule has 1 aliphatic heterocycles. The summed E-state index contributed by atoms with van der Waals surface area (Å²) in [7, 11) is 1.97. The molecular weight excluding hydrogens is 314 g/mol. The summed E-state index contributed by atoms with van der Waals surface area (Å²) in [5.41, 5.74) is 2.63. The van der Waals surface area contributed by atoms with Crippen molar-refractivity contribution in [2.24, 2.45) is 5.92 Å². The van der Waals surface area contributed by atoms with Gasteiger partial charge in [0.15, 0.2) is 0 Å². The number of hydrogen-bond acceptors (Lipinski definition) is 4. The number of rotatable bonds is 5. The zero-order valence-corrected chi connectivity index (χ0v) is 14.9. The molecule has 1 fully saturated rings. The molecule has 0 saturated carbocycles. The maximum atomic E-state index is 12.5. The highest BCUT2D eigenvalue weighted by Crippen LogP contribution is 2.23. The molecule has 0 bridgehead atoms. The third kappa shape index (κ3) is 4.37. The van der Waals surface area contributed by atoms with Crippen LogP contribution in [0.5, 0.6) is 0 Å². The van der Waals surface area contributed by atoms with Crippen LogP contribution in [0.3, 0.4) is 0 Å². The molecule has 5 nitrogen and oxygen atoms in total. The molecule has 1 N–H and O–H groups in total. The van der Waals surface area contributed by atoms with Gasteiger partial charge in [0.1, 0.15) is 5.82 Å². The molecule has 0 aliphatic carbocycles. The minimum absolute atomic E-state index is 0.0505. The molecule has 2 aromatic rings. The molecule has 1 aliphatic rings. The molecule has 0 radical (unpaired) electrons. The Balaban J connectivity index is 1.65.